The highest BCUT2D eigenvalue weighted by Crippen LogP contribution is 2.08. The van der Waals surface area contributed by atoms with Crippen LogP contribution in [0.2, 0.25) is 0 Å². The maximum Gasteiger partial charge on any atom is 0.255 e. The standard InChI is InChI=1S/C10H10N4O2/c11-9-1-3-12-6-8(9)10(15)13-5-7-2-4-16-14-7/h1-4,6H,5H2,(H2,11,12)(H,13,15). The molecule has 0 atom stereocenters. The lowest BCUT2D eigenvalue weighted by Crippen LogP contribution is -2.24. The molecule has 0 saturated heterocycles. The molecule has 6 heteroatoms. The second kappa shape index (κ2) is 4.43. The Kier molecular flexibility index (Phi) is 2.81. The second-order valence-corrected chi connectivity index (χ2v) is 3.14. The number of amides is 1. The number of nitrogens with one attached hydrogen (secondary N) is 1. The Morgan fingerprint density at radius 1 is 1.50 bits per heavy atom. The molecular formula is C10H10N4O2. The van der Waals surface area contributed by atoms with Crippen LogP contribution in [0, 0.1) is 0 Å². The first-order valence-corrected chi connectivity index (χ1v) is 4.64. The minimum Gasteiger partial charge on any atom is -0.398 e. The fourth-order valence-corrected chi connectivity index (χ4v) is 1.19. The van der Waals surface area contributed by atoms with Gasteiger partial charge in [0, 0.05) is 24.1 Å². The highest BCUT2D eigenvalue weighted by atomic mass is 16.5. The number of rotatable bonds is 3. The molecule has 0 spiro atoms. The number of nitrogen functional groups attached to an aromatic ring is 1. The Balaban J connectivity index is 2.01. The number of aromatic nitrogens is 2. The van der Waals surface area contributed by atoms with E-state index >= 15 is 0 Å². The van der Waals surface area contributed by atoms with Gasteiger partial charge in [0.2, 0.25) is 0 Å². The molecule has 0 saturated carbocycles. The monoisotopic (exact) mass is 218 g/mol. The third kappa shape index (κ3) is 2.17. The number of carbonyl (C=O) groups excluding carboxylic acids is 1. The highest BCUT2D eigenvalue weighted by Gasteiger charge is 2.09. The van der Waals surface area contributed by atoms with Crippen LogP contribution in [0.4, 0.5) is 5.69 Å². The van der Waals surface area contributed by atoms with Crippen molar-refractivity contribution < 1.29 is 9.32 Å². The van der Waals surface area contributed by atoms with Crippen molar-refractivity contribution in [3.8, 4) is 0 Å². The Hall–Kier alpha value is -2.37. The van der Waals surface area contributed by atoms with Gasteiger partial charge in [-0.15, -0.1) is 0 Å². The molecule has 0 fully saturated rings. The molecule has 2 heterocycles. The zero-order chi connectivity index (χ0) is 11.4. The van der Waals surface area contributed by atoms with Crippen LogP contribution in [0.1, 0.15) is 16.1 Å². The van der Waals surface area contributed by atoms with Crippen molar-refractivity contribution >= 4 is 11.6 Å². The van der Waals surface area contributed by atoms with E-state index in [2.05, 4.69) is 20.0 Å². The molecule has 0 aliphatic rings. The average molecular weight is 218 g/mol. The number of hydrogen-bond acceptors (Lipinski definition) is 5. The van der Waals surface area contributed by atoms with E-state index < -0.39 is 0 Å². The molecule has 0 aliphatic heterocycles. The fourth-order valence-electron chi connectivity index (χ4n) is 1.19. The first kappa shape index (κ1) is 10.2. The summed E-state index contributed by atoms with van der Waals surface area (Å²) < 4.78 is 4.64. The van der Waals surface area contributed by atoms with Crippen molar-refractivity contribution in [2.45, 2.75) is 6.54 Å². The van der Waals surface area contributed by atoms with E-state index in [9.17, 15) is 4.79 Å². The van der Waals surface area contributed by atoms with E-state index in [-0.39, 0.29) is 5.91 Å². The van der Waals surface area contributed by atoms with E-state index in [4.69, 9.17) is 5.73 Å². The lowest BCUT2D eigenvalue weighted by Gasteiger charge is -2.04. The van der Waals surface area contributed by atoms with Crippen molar-refractivity contribution in [3.05, 3.63) is 42.0 Å². The normalized spacial score (nSPS) is 10.0. The molecule has 2 rings (SSSR count). The van der Waals surface area contributed by atoms with Crippen LogP contribution in [0.3, 0.4) is 0 Å². The van der Waals surface area contributed by atoms with Gasteiger partial charge in [-0.05, 0) is 6.07 Å². The van der Waals surface area contributed by atoms with Crippen molar-refractivity contribution in [1.29, 1.82) is 0 Å². The van der Waals surface area contributed by atoms with Crippen LogP contribution in [0.25, 0.3) is 0 Å². The first-order chi connectivity index (χ1) is 7.77. The fraction of sp³-hybridized carbons (Fsp3) is 0.100. The SMILES string of the molecule is Nc1ccncc1C(=O)NCc1ccon1. The molecule has 0 aromatic carbocycles. The molecule has 0 radical (unpaired) electrons. The lowest BCUT2D eigenvalue weighted by molar-refractivity contribution is 0.0950. The number of nitrogens with zero attached hydrogens (tertiary/aromatic N) is 2. The lowest BCUT2D eigenvalue weighted by atomic mass is 10.2. The van der Waals surface area contributed by atoms with E-state index in [1.54, 1.807) is 12.1 Å². The first-order valence-electron chi connectivity index (χ1n) is 4.64. The molecule has 0 bridgehead atoms. The summed E-state index contributed by atoms with van der Waals surface area (Å²) in [5.41, 5.74) is 7.03. The van der Waals surface area contributed by atoms with E-state index in [0.29, 0.717) is 23.5 Å². The molecule has 1 amide bonds. The van der Waals surface area contributed by atoms with Crippen molar-refractivity contribution in [2.24, 2.45) is 0 Å². The summed E-state index contributed by atoms with van der Waals surface area (Å²) in [5, 5.41) is 6.33. The van der Waals surface area contributed by atoms with Crippen molar-refractivity contribution in [2.75, 3.05) is 5.73 Å². The summed E-state index contributed by atoms with van der Waals surface area (Å²) in [6.45, 7) is 0.295. The zero-order valence-electron chi connectivity index (χ0n) is 8.38. The Morgan fingerprint density at radius 3 is 3.06 bits per heavy atom. The quantitative estimate of drug-likeness (QED) is 0.785. The molecule has 0 aliphatic carbocycles. The molecule has 0 unspecified atom stereocenters. The summed E-state index contributed by atoms with van der Waals surface area (Å²) in [6, 6.07) is 3.25. The Morgan fingerprint density at radius 2 is 2.38 bits per heavy atom. The summed E-state index contributed by atoms with van der Waals surface area (Å²) in [6.07, 6.45) is 4.40. The molecule has 6 nitrogen and oxygen atoms in total. The van der Waals surface area contributed by atoms with E-state index in [0.717, 1.165) is 0 Å². The number of anilines is 1. The van der Waals surface area contributed by atoms with Crippen LogP contribution in [0.5, 0.6) is 0 Å². The summed E-state index contributed by atoms with van der Waals surface area (Å²) in [4.78, 5) is 15.5. The van der Waals surface area contributed by atoms with Crippen molar-refractivity contribution in [3.63, 3.8) is 0 Å². The minimum absolute atomic E-state index is 0.284. The molecule has 2 aromatic heterocycles. The van der Waals surface area contributed by atoms with Crippen LogP contribution < -0.4 is 11.1 Å². The third-order valence-electron chi connectivity index (χ3n) is 2.02. The van der Waals surface area contributed by atoms with E-state index in [1.165, 1.54) is 18.7 Å². The van der Waals surface area contributed by atoms with Gasteiger partial charge in [-0.25, -0.2) is 0 Å². The molecule has 3 N–H and O–H groups in total. The van der Waals surface area contributed by atoms with Crippen LogP contribution in [-0.2, 0) is 6.54 Å². The summed E-state index contributed by atoms with van der Waals surface area (Å²) in [5.74, 6) is -0.284. The van der Waals surface area contributed by atoms with Crippen molar-refractivity contribution in [1.82, 2.24) is 15.5 Å². The van der Waals surface area contributed by atoms with E-state index in [1.807, 2.05) is 0 Å². The Bertz CT molecular complexity index is 481. The number of pyridine rings is 1. The largest absolute Gasteiger partial charge is 0.398 e. The van der Waals surface area contributed by atoms with Gasteiger partial charge in [0.05, 0.1) is 12.1 Å². The number of carbonyl (C=O) groups is 1. The number of nitrogens with two attached hydrogens (primary N) is 1. The highest BCUT2D eigenvalue weighted by molar-refractivity contribution is 5.98. The van der Waals surface area contributed by atoms with Gasteiger partial charge >= 0.3 is 0 Å². The average Bonchev–Trinajstić information content (AvgIpc) is 2.79. The van der Waals surface area contributed by atoms with Crippen LogP contribution in [-0.4, -0.2) is 16.0 Å². The van der Waals surface area contributed by atoms with Crippen LogP contribution >= 0.6 is 0 Å². The number of hydrogen-bond donors (Lipinski definition) is 2. The topological polar surface area (TPSA) is 94.0 Å². The van der Waals surface area contributed by atoms with Gasteiger partial charge in [0.15, 0.2) is 0 Å². The smallest absolute Gasteiger partial charge is 0.255 e. The maximum absolute atomic E-state index is 11.7. The van der Waals surface area contributed by atoms with Gasteiger partial charge in [-0.1, -0.05) is 5.16 Å². The van der Waals surface area contributed by atoms with Gasteiger partial charge < -0.3 is 15.6 Å². The molecule has 16 heavy (non-hydrogen) atoms. The second-order valence-electron chi connectivity index (χ2n) is 3.14. The molecule has 82 valence electrons. The minimum atomic E-state index is -0.284. The zero-order valence-corrected chi connectivity index (χ0v) is 8.38. The molecule has 2 aromatic rings. The maximum atomic E-state index is 11.7. The van der Waals surface area contributed by atoms with Gasteiger partial charge in [-0.3, -0.25) is 9.78 Å². The van der Waals surface area contributed by atoms with Gasteiger partial charge in [0.1, 0.15) is 12.0 Å². The molecular weight excluding hydrogens is 208 g/mol. The van der Waals surface area contributed by atoms with Gasteiger partial charge in [0.25, 0.3) is 5.91 Å². The van der Waals surface area contributed by atoms with Crippen LogP contribution in [0.15, 0.2) is 35.3 Å². The predicted molar refractivity (Wildman–Crippen MR) is 56.3 cm³/mol. The third-order valence-corrected chi connectivity index (χ3v) is 2.02. The van der Waals surface area contributed by atoms with Gasteiger partial charge in [-0.2, -0.15) is 0 Å². The Labute approximate surface area is 91.5 Å². The summed E-state index contributed by atoms with van der Waals surface area (Å²) >= 11 is 0. The predicted octanol–water partition coefficient (Wildman–Crippen LogP) is 0.582. The summed E-state index contributed by atoms with van der Waals surface area (Å²) in [7, 11) is 0.